The Balaban J connectivity index is 1.73. The van der Waals surface area contributed by atoms with Gasteiger partial charge in [0.1, 0.15) is 5.82 Å². The number of rotatable bonds is 7. The second-order valence-electron chi connectivity index (χ2n) is 5.03. The lowest BCUT2D eigenvalue weighted by atomic mass is 10.3. The summed E-state index contributed by atoms with van der Waals surface area (Å²) in [6, 6.07) is 3.88. The molecule has 0 unspecified atom stereocenters. The highest BCUT2D eigenvalue weighted by Crippen LogP contribution is 2.12. The Labute approximate surface area is 125 Å². The molecule has 1 aliphatic heterocycles. The Morgan fingerprint density at radius 2 is 2.14 bits per heavy atom. The maximum Gasteiger partial charge on any atom is 0.224 e. The van der Waals surface area contributed by atoms with Crippen molar-refractivity contribution in [3.63, 3.8) is 0 Å². The summed E-state index contributed by atoms with van der Waals surface area (Å²) in [5, 5.41) is 6.52. The molecular weight excluding hydrogens is 268 g/mol. The molecule has 1 amide bonds. The van der Waals surface area contributed by atoms with Crippen LogP contribution < -0.4 is 10.6 Å². The van der Waals surface area contributed by atoms with E-state index in [1.54, 1.807) is 6.20 Å². The zero-order chi connectivity index (χ0) is 14.9. The van der Waals surface area contributed by atoms with E-state index in [1.807, 2.05) is 17.0 Å². The number of ether oxygens (including phenoxy) is 1. The van der Waals surface area contributed by atoms with Gasteiger partial charge < -0.3 is 20.3 Å². The Kier molecular flexibility index (Phi) is 6.27. The fraction of sp³-hybridized carbons (Fsp3) is 0.600. The topological polar surface area (TPSA) is 66.5 Å². The number of nitrogens with zero attached hydrogens (tertiary/aromatic N) is 2. The molecule has 2 rings (SSSR count). The molecule has 21 heavy (non-hydrogen) atoms. The second-order valence-corrected chi connectivity index (χ2v) is 5.03. The summed E-state index contributed by atoms with van der Waals surface area (Å²) in [5.41, 5.74) is 0.985. The number of hydrogen-bond donors (Lipinski definition) is 2. The van der Waals surface area contributed by atoms with Crippen LogP contribution >= 0.6 is 0 Å². The molecule has 1 fully saturated rings. The average molecular weight is 292 g/mol. The number of nitrogens with one attached hydrogen (secondary N) is 2. The minimum Gasteiger partial charge on any atom is -0.384 e. The maximum absolute atomic E-state index is 12.0. The molecule has 2 N–H and O–H groups in total. The molecule has 0 radical (unpaired) electrons. The first-order chi connectivity index (χ1) is 10.3. The van der Waals surface area contributed by atoms with Gasteiger partial charge in [-0.3, -0.25) is 4.79 Å². The number of morpholine rings is 1. The molecule has 1 aliphatic rings. The van der Waals surface area contributed by atoms with E-state index >= 15 is 0 Å². The van der Waals surface area contributed by atoms with Gasteiger partial charge in [-0.05, 0) is 12.5 Å². The quantitative estimate of drug-likeness (QED) is 0.798. The first-order valence-corrected chi connectivity index (χ1v) is 7.59. The monoisotopic (exact) mass is 292 g/mol. The van der Waals surface area contributed by atoms with Crippen molar-refractivity contribution in [1.29, 1.82) is 0 Å². The zero-order valence-corrected chi connectivity index (χ0v) is 12.6. The van der Waals surface area contributed by atoms with E-state index in [0.29, 0.717) is 39.3 Å². The van der Waals surface area contributed by atoms with E-state index < -0.39 is 0 Å². The average Bonchev–Trinajstić information content (AvgIpc) is 2.54. The molecule has 1 aromatic heterocycles. The third-order valence-corrected chi connectivity index (χ3v) is 3.35. The summed E-state index contributed by atoms with van der Waals surface area (Å²) in [4.78, 5) is 18.1. The lowest BCUT2D eigenvalue weighted by Crippen LogP contribution is -2.41. The van der Waals surface area contributed by atoms with Crippen LogP contribution in [0.5, 0.6) is 0 Å². The van der Waals surface area contributed by atoms with E-state index in [0.717, 1.165) is 24.5 Å². The van der Waals surface area contributed by atoms with Crippen LogP contribution in [0.2, 0.25) is 0 Å². The minimum atomic E-state index is 0.184. The molecule has 6 heteroatoms. The predicted octanol–water partition coefficient (Wildman–Crippen LogP) is 1.56. The highest BCUT2D eigenvalue weighted by Gasteiger charge is 2.15. The van der Waals surface area contributed by atoms with Gasteiger partial charge in [0.25, 0.3) is 0 Å². The van der Waals surface area contributed by atoms with Crippen LogP contribution in [0.4, 0.5) is 11.5 Å². The summed E-state index contributed by atoms with van der Waals surface area (Å²) < 4.78 is 5.25. The number of aromatic nitrogens is 1. The van der Waals surface area contributed by atoms with Crippen molar-refractivity contribution in [1.82, 2.24) is 9.88 Å². The summed E-state index contributed by atoms with van der Waals surface area (Å²) in [6.45, 7) is 6.37. The molecule has 0 spiro atoms. The SMILES string of the molecule is CCCNc1cc(NCCC(=O)N2CCOCC2)ccn1. The third kappa shape index (κ3) is 5.23. The highest BCUT2D eigenvalue weighted by atomic mass is 16.5. The fourth-order valence-corrected chi connectivity index (χ4v) is 2.17. The van der Waals surface area contributed by atoms with Crippen molar-refractivity contribution < 1.29 is 9.53 Å². The summed E-state index contributed by atoms with van der Waals surface area (Å²) in [6.07, 6.45) is 3.33. The Morgan fingerprint density at radius 1 is 1.33 bits per heavy atom. The van der Waals surface area contributed by atoms with Crippen LogP contribution in [0.15, 0.2) is 18.3 Å². The molecule has 6 nitrogen and oxygen atoms in total. The molecular formula is C15H24N4O2. The smallest absolute Gasteiger partial charge is 0.224 e. The molecule has 0 aliphatic carbocycles. The number of amides is 1. The van der Waals surface area contributed by atoms with Gasteiger partial charge in [-0.25, -0.2) is 4.98 Å². The predicted molar refractivity (Wildman–Crippen MR) is 83.5 cm³/mol. The summed E-state index contributed by atoms with van der Waals surface area (Å²) in [7, 11) is 0. The van der Waals surface area contributed by atoms with Crippen molar-refractivity contribution in [3.05, 3.63) is 18.3 Å². The molecule has 1 aromatic rings. The zero-order valence-electron chi connectivity index (χ0n) is 12.6. The lowest BCUT2D eigenvalue weighted by Gasteiger charge is -2.26. The first-order valence-electron chi connectivity index (χ1n) is 7.59. The lowest BCUT2D eigenvalue weighted by molar-refractivity contribution is -0.134. The van der Waals surface area contributed by atoms with Crippen LogP contribution in [0.25, 0.3) is 0 Å². The summed E-state index contributed by atoms with van der Waals surface area (Å²) in [5.74, 6) is 1.05. The number of hydrogen-bond acceptors (Lipinski definition) is 5. The van der Waals surface area contributed by atoms with Crippen LogP contribution in [-0.2, 0) is 9.53 Å². The first kappa shape index (κ1) is 15.6. The molecule has 2 heterocycles. The van der Waals surface area contributed by atoms with Gasteiger partial charge in [-0.2, -0.15) is 0 Å². The largest absolute Gasteiger partial charge is 0.384 e. The van der Waals surface area contributed by atoms with Gasteiger partial charge in [0.15, 0.2) is 0 Å². The number of carbonyl (C=O) groups is 1. The molecule has 0 atom stereocenters. The number of carbonyl (C=O) groups excluding carboxylic acids is 1. The third-order valence-electron chi connectivity index (χ3n) is 3.35. The van der Waals surface area contributed by atoms with Crippen LogP contribution in [0, 0.1) is 0 Å². The normalized spacial score (nSPS) is 14.8. The van der Waals surface area contributed by atoms with Crippen molar-refractivity contribution in [2.45, 2.75) is 19.8 Å². The Hall–Kier alpha value is -1.82. The van der Waals surface area contributed by atoms with Gasteiger partial charge in [-0.1, -0.05) is 6.92 Å². The van der Waals surface area contributed by atoms with E-state index in [4.69, 9.17) is 4.74 Å². The molecule has 0 aromatic carbocycles. The molecule has 116 valence electrons. The van der Waals surface area contributed by atoms with Crippen molar-refractivity contribution in [3.8, 4) is 0 Å². The maximum atomic E-state index is 12.0. The van der Waals surface area contributed by atoms with Crippen molar-refractivity contribution in [2.75, 3.05) is 50.0 Å². The van der Waals surface area contributed by atoms with Crippen molar-refractivity contribution in [2.24, 2.45) is 0 Å². The van der Waals surface area contributed by atoms with Gasteiger partial charge in [-0.15, -0.1) is 0 Å². The molecule has 0 saturated carbocycles. The van der Waals surface area contributed by atoms with Gasteiger partial charge in [0.2, 0.25) is 5.91 Å². The minimum absolute atomic E-state index is 0.184. The number of pyridine rings is 1. The highest BCUT2D eigenvalue weighted by molar-refractivity contribution is 5.76. The van der Waals surface area contributed by atoms with E-state index in [2.05, 4.69) is 22.5 Å². The van der Waals surface area contributed by atoms with E-state index in [1.165, 1.54) is 0 Å². The van der Waals surface area contributed by atoms with Gasteiger partial charge in [0.05, 0.1) is 13.2 Å². The van der Waals surface area contributed by atoms with Crippen LogP contribution in [0.3, 0.4) is 0 Å². The summed E-state index contributed by atoms with van der Waals surface area (Å²) >= 11 is 0. The van der Waals surface area contributed by atoms with Crippen LogP contribution in [0.1, 0.15) is 19.8 Å². The van der Waals surface area contributed by atoms with Gasteiger partial charge in [0, 0.05) is 50.6 Å². The molecule has 1 saturated heterocycles. The van der Waals surface area contributed by atoms with E-state index in [9.17, 15) is 4.79 Å². The second kappa shape index (κ2) is 8.46. The number of anilines is 2. The fourth-order valence-electron chi connectivity index (χ4n) is 2.17. The van der Waals surface area contributed by atoms with Crippen molar-refractivity contribution >= 4 is 17.4 Å². The Morgan fingerprint density at radius 3 is 2.90 bits per heavy atom. The van der Waals surface area contributed by atoms with E-state index in [-0.39, 0.29) is 5.91 Å². The van der Waals surface area contributed by atoms with Gasteiger partial charge >= 0.3 is 0 Å². The van der Waals surface area contributed by atoms with Crippen LogP contribution in [-0.4, -0.2) is 55.2 Å². The molecule has 0 bridgehead atoms. The Bertz CT molecular complexity index is 447. The standard InChI is InChI=1S/C15H24N4O2/c1-2-5-17-14-12-13(3-6-18-14)16-7-4-15(20)19-8-10-21-11-9-19/h3,6,12H,2,4-5,7-11H2,1H3,(H2,16,17,18).